The zero-order valence-corrected chi connectivity index (χ0v) is 17.0. The Morgan fingerprint density at radius 3 is 2.61 bits per heavy atom. The first-order chi connectivity index (χ1) is 15.3. The number of para-hydroxylation sites is 2. The number of nitrogens with zero attached hydrogens (tertiary/aromatic N) is 2. The van der Waals surface area contributed by atoms with Crippen LogP contribution in [0.5, 0.6) is 0 Å². The van der Waals surface area contributed by atoms with Gasteiger partial charge in [0.25, 0.3) is 0 Å². The predicted molar refractivity (Wildman–Crippen MR) is 119 cm³/mol. The summed E-state index contributed by atoms with van der Waals surface area (Å²) in [4.78, 5) is 25.6. The van der Waals surface area contributed by atoms with Crippen molar-refractivity contribution in [1.82, 2.24) is 31.1 Å². The minimum absolute atomic E-state index is 0.00396. The lowest BCUT2D eigenvalue weighted by Crippen LogP contribution is -2.45. The smallest absolute Gasteiger partial charge is 0.239 e. The van der Waals surface area contributed by atoms with E-state index in [2.05, 4.69) is 38.3 Å². The topological polar surface area (TPSA) is 94.7 Å². The summed E-state index contributed by atoms with van der Waals surface area (Å²) in [5.41, 5.74) is 10.2. The highest BCUT2D eigenvalue weighted by atomic mass is 16.2. The number of benzene rings is 2. The van der Waals surface area contributed by atoms with Gasteiger partial charge in [-0.15, -0.1) is 0 Å². The third kappa shape index (κ3) is 4.33. The number of hydrogen-bond donors (Lipinski definition) is 4. The number of aromatic nitrogens is 3. The summed E-state index contributed by atoms with van der Waals surface area (Å²) in [6, 6.07) is 23.2. The highest BCUT2D eigenvalue weighted by Gasteiger charge is 2.32. The van der Waals surface area contributed by atoms with Crippen molar-refractivity contribution in [2.45, 2.75) is 31.0 Å². The number of carbonyl (C=O) groups is 1. The highest BCUT2D eigenvalue weighted by Crippen LogP contribution is 2.23. The maximum atomic E-state index is 13.1. The van der Waals surface area contributed by atoms with Crippen molar-refractivity contribution in [2.24, 2.45) is 0 Å². The normalized spacial score (nSPS) is 19.4. The van der Waals surface area contributed by atoms with Crippen LogP contribution in [0, 0.1) is 0 Å². The molecule has 0 spiro atoms. The predicted octanol–water partition coefficient (Wildman–Crippen LogP) is 2.97. The Morgan fingerprint density at radius 2 is 1.81 bits per heavy atom. The summed E-state index contributed by atoms with van der Waals surface area (Å²) in [6.45, 7) is 0. The van der Waals surface area contributed by atoms with Gasteiger partial charge in [0.1, 0.15) is 11.9 Å². The van der Waals surface area contributed by atoms with Gasteiger partial charge in [0, 0.05) is 6.20 Å². The Kier molecular flexibility index (Phi) is 5.43. The van der Waals surface area contributed by atoms with Gasteiger partial charge >= 0.3 is 0 Å². The molecule has 2 unspecified atom stereocenters. The molecule has 0 aliphatic carbocycles. The Hall–Kier alpha value is -3.55. The second-order valence-corrected chi connectivity index (χ2v) is 7.77. The highest BCUT2D eigenvalue weighted by molar-refractivity contribution is 5.82. The molecule has 7 heteroatoms. The SMILES string of the molecule is O=C(N[C@@H](Cc1ccccc1)c1nc2ccccc2[nH]1)C1CC(c2ccccn2)NN1. The van der Waals surface area contributed by atoms with Crippen LogP contribution in [0.25, 0.3) is 11.0 Å². The molecule has 1 aliphatic rings. The molecular weight excluding hydrogens is 388 g/mol. The fourth-order valence-electron chi connectivity index (χ4n) is 3.98. The van der Waals surface area contributed by atoms with Gasteiger partial charge < -0.3 is 10.3 Å². The van der Waals surface area contributed by atoms with Crippen molar-refractivity contribution >= 4 is 16.9 Å². The van der Waals surface area contributed by atoms with E-state index in [0.717, 1.165) is 28.1 Å². The van der Waals surface area contributed by atoms with Crippen molar-refractivity contribution in [3.63, 3.8) is 0 Å². The number of amides is 1. The van der Waals surface area contributed by atoms with Gasteiger partial charge in [0.05, 0.1) is 28.8 Å². The van der Waals surface area contributed by atoms with Crippen LogP contribution in [0.4, 0.5) is 0 Å². The molecule has 0 bridgehead atoms. The number of imidazole rings is 1. The lowest BCUT2D eigenvalue weighted by Gasteiger charge is -2.19. The van der Waals surface area contributed by atoms with E-state index < -0.39 is 0 Å². The first-order valence-corrected chi connectivity index (χ1v) is 10.5. The monoisotopic (exact) mass is 412 g/mol. The van der Waals surface area contributed by atoms with Gasteiger partial charge in [-0.25, -0.2) is 15.8 Å². The number of rotatable bonds is 6. The van der Waals surface area contributed by atoms with E-state index in [9.17, 15) is 4.79 Å². The molecule has 3 heterocycles. The second kappa shape index (κ2) is 8.67. The van der Waals surface area contributed by atoms with Gasteiger partial charge in [-0.3, -0.25) is 9.78 Å². The molecule has 1 aliphatic heterocycles. The quantitative estimate of drug-likeness (QED) is 0.391. The summed E-state index contributed by atoms with van der Waals surface area (Å²) >= 11 is 0. The number of fused-ring (bicyclic) bond motifs is 1. The van der Waals surface area contributed by atoms with Crippen LogP contribution in [0.1, 0.15) is 35.6 Å². The maximum absolute atomic E-state index is 13.1. The molecule has 3 atom stereocenters. The van der Waals surface area contributed by atoms with Crippen molar-refractivity contribution in [3.05, 3.63) is 96.1 Å². The largest absolute Gasteiger partial charge is 0.344 e. The molecule has 2 aromatic carbocycles. The van der Waals surface area contributed by atoms with Crippen LogP contribution in [0.3, 0.4) is 0 Å². The lowest BCUT2D eigenvalue weighted by atomic mass is 10.0. The molecule has 1 fully saturated rings. The number of pyridine rings is 1. The molecule has 5 rings (SSSR count). The lowest BCUT2D eigenvalue weighted by molar-refractivity contribution is -0.123. The number of hydrogen-bond acceptors (Lipinski definition) is 5. The molecule has 7 nitrogen and oxygen atoms in total. The molecular formula is C24H24N6O. The molecule has 4 aromatic rings. The molecule has 4 N–H and O–H groups in total. The van der Waals surface area contributed by atoms with Crippen LogP contribution < -0.4 is 16.2 Å². The Bertz CT molecular complexity index is 1130. The number of hydrazine groups is 1. The molecule has 156 valence electrons. The summed E-state index contributed by atoms with van der Waals surface area (Å²) in [6.07, 6.45) is 3.04. The Labute approximate surface area is 180 Å². The molecule has 31 heavy (non-hydrogen) atoms. The third-order valence-electron chi connectivity index (χ3n) is 5.60. The Balaban J connectivity index is 1.35. The fraction of sp³-hybridized carbons (Fsp3) is 0.208. The zero-order chi connectivity index (χ0) is 21.0. The van der Waals surface area contributed by atoms with E-state index in [-0.39, 0.29) is 24.0 Å². The molecule has 1 saturated heterocycles. The average Bonchev–Trinajstić information content (AvgIpc) is 3.48. The minimum atomic E-state index is -0.352. The fourth-order valence-corrected chi connectivity index (χ4v) is 3.98. The van der Waals surface area contributed by atoms with E-state index >= 15 is 0 Å². The first-order valence-electron chi connectivity index (χ1n) is 10.5. The zero-order valence-electron chi connectivity index (χ0n) is 17.0. The number of nitrogens with one attached hydrogen (secondary N) is 4. The first kappa shape index (κ1) is 19.4. The molecule has 1 amide bonds. The summed E-state index contributed by atoms with van der Waals surface area (Å²) < 4.78 is 0. The Morgan fingerprint density at radius 1 is 1.00 bits per heavy atom. The average molecular weight is 412 g/mol. The standard InChI is InChI=1S/C24H24N6O/c31-24(22-15-20(29-30-22)17-10-6-7-13-25-17)28-21(14-16-8-2-1-3-9-16)23-26-18-11-4-5-12-19(18)27-23/h1-13,20-22,29-30H,14-15H2,(H,26,27)(H,28,31)/t20?,21-,22?/m0/s1. The van der Waals surface area contributed by atoms with Gasteiger partial charge in [0.15, 0.2) is 0 Å². The van der Waals surface area contributed by atoms with Crippen LogP contribution in [-0.2, 0) is 11.2 Å². The van der Waals surface area contributed by atoms with Crippen molar-refractivity contribution < 1.29 is 4.79 Å². The van der Waals surface area contributed by atoms with Gasteiger partial charge in [-0.05, 0) is 42.7 Å². The van der Waals surface area contributed by atoms with Crippen LogP contribution in [-0.4, -0.2) is 26.9 Å². The number of carbonyl (C=O) groups excluding carboxylic acids is 1. The van der Waals surface area contributed by atoms with Crippen molar-refractivity contribution in [3.8, 4) is 0 Å². The van der Waals surface area contributed by atoms with Crippen LogP contribution in [0.15, 0.2) is 79.0 Å². The second-order valence-electron chi connectivity index (χ2n) is 7.77. The van der Waals surface area contributed by atoms with E-state index in [1.165, 1.54) is 0 Å². The van der Waals surface area contributed by atoms with Crippen LogP contribution in [0.2, 0.25) is 0 Å². The van der Waals surface area contributed by atoms with Crippen molar-refractivity contribution in [2.75, 3.05) is 0 Å². The van der Waals surface area contributed by atoms with E-state index in [4.69, 9.17) is 4.98 Å². The summed E-state index contributed by atoms with van der Waals surface area (Å²) in [5.74, 6) is 0.693. The van der Waals surface area contributed by atoms with Gasteiger partial charge in [0.2, 0.25) is 5.91 Å². The molecule has 0 saturated carbocycles. The minimum Gasteiger partial charge on any atom is -0.344 e. The van der Waals surface area contributed by atoms with E-state index in [1.54, 1.807) is 6.20 Å². The van der Waals surface area contributed by atoms with E-state index in [0.29, 0.717) is 12.8 Å². The summed E-state index contributed by atoms with van der Waals surface area (Å²) in [7, 11) is 0. The number of aromatic amines is 1. The van der Waals surface area contributed by atoms with Crippen LogP contribution >= 0.6 is 0 Å². The number of H-pyrrole nitrogens is 1. The summed E-state index contributed by atoms with van der Waals surface area (Å²) in [5, 5.41) is 3.20. The van der Waals surface area contributed by atoms with Gasteiger partial charge in [-0.2, -0.15) is 0 Å². The van der Waals surface area contributed by atoms with Crippen molar-refractivity contribution in [1.29, 1.82) is 0 Å². The third-order valence-corrected chi connectivity index (χ3v) is 5.60. The molecule has 2 aromatic heterocycles. The van der Waals surface area contributed by atoms with Gasteiger partial charge in [-0.1, -0.05) is 48.5 Å². The molecule has 0 radical (unpaired) electrons. The van der Waals surface area contributed by atoms with E-state index in [1.807, 2.05) is 60.7 Å². The maximum Gasteiger partial charge on any atom is 0.239 e.